The number of amides is 1. The molecule has 176 valence electrons. The lowest BCUT2D eigenvalue weighted by Crippen LogP contribution is -2.27. The van der Waals surface area contributed by atoms with Crippen molar-refractivity contribution < 1.29 is 14.3 Å². The second-order valence-corrected chi connectivity index (χ2v) is 9.08. The average Bonchev–Trinajstić information content (AvgIpc) is 3.37. The highest BCUT2D eigenvalue weighted by Gasteiger charge is 2.26. The summed E-state index contributed by atoms with van der Waals surface area (Å²) in [6, 6.07) is 14.6. The number of methoxy groups -OCH3 is 1. The molecule has 0 saturated carbocycles. The normalized spacial score (nSPS) is 11.4. The molecule has 4 aromatic rings. The molecule has 34 heavy (non-hydrogen) atoms. The first-order chi connectivity index (χ1) is 16.2. The lowest BCUT2D eigenvalue weighted by Gasteiger charge is -2.18. The van der Waals surface area contributed by atoms with Crippen LogP contribution in [0.1, 0.15) is 20.8 Å². The van der Waals surface area contributed by atoms with E-state index < -0.39 is 11.7 Å². The van der Waals surface area contributed by atoms with Crippen LogP contribution in [0, 0.1) is 0 Å². The van der Waals surface area contributed by atoms with Gasteiger partial charge < -0.3 is 9.47 Å². The maximum Gasteiger partial charge on any atom is 0.414 e. The monoisotopic (exact) mass is 500 g/mol. The fourth-order valence-electron chi connectivity index (χ4n) is 3.23. The lowest BCUT2D eigenvalue weighted by atomic mass is 10.1. The number of halogens is 2. The van der Waals surface area contributed by atoms with Crippen molar-refractivity contribution in [1.29, 1.82) is 0 Å². The van der Waals surface area contributed by atoms with Gasteiger partial charge in [0.15, 0.2) is 11.4 Å². The third-order valence-corrected chi connectivity index (χ3v) is 5.13. The number of anilines is 1. The van der Waals surface area contributed by atoms with E-state index in [9.17, 15) is 4.79 Å². The molecule has 0 atom stereocenters. The fourth-order valence-corrected chi connectivity index (χ4v) is 3.57. The third-order valence-electron chi connectivity index (χ3n) is 4.56. The Morgan fingerprint density at radius 1 is 1.09 bits per heavy atom. The Morgan fingerprint density at radius 2 is 1.79 bits per heavy atom. The molecule has 0 aliphatic rings. The van der Waals surface area contributed by atoms with Gasteiger partial charge in [0.1, 0.15) is 11.3 Å². The number of ether oxygens (including phenoxy) is 2. The average molecular weight is 501 g/mol. The van der Waals surface area contributed by atoms with Crippen molar-refractivity contribution in [1.82, 2.24) is 25.0 Å². The molecule has 2 aromatic heterocycles. The minimum atomic E-state index is -0.661. The summed E-state index contributed by atoms with van der Waals surface area (Å²) in [4.78, 5) is 16.4. The van der Waals surface area contributed by atoms with Crippen molar-refractivity contribution in [2.45, 2.75) is 26.4 Å². The lowest BCUT2D eigenvalue weighted by molar-refractivity contribution is 0.0634. The summed E-state index contributed by atoms with van der Waals surface area (Å²) in [5, 5.41) is 15.2. The maximum atomic E-state index is 12.1. The van der Waals surface area contributed by atoms with Gasteiger partial charge in [-0.25, -0.2) is 14.6 Å². The standard InChI is InChI=1S/C23H22Cl2N6O3/c1-23(2,3)34-22(32)27-21-26-20(28-29-21)17-19(33-4)18(13-9-11-14(24)12-10-13)31(30-17)16-8-6-5-7-15(16)25/h5-12H,1-4H3,(H2,26,27,28,29,32). The Bertz CT molecular complexity index is 1330. The van der Waals surface area contributed by atoms with Gasteiger partial charge in [-0.05, 0) is 45.0 Å². The first-order valence-corrected chi connectivity index (χ1v) is 11.0. The number of carbonyl (C=O) groups is 1. The largest absolute Gasteiger partial charge is 0.492 e. The van der Waals surface area contributed by atoms with Crippen LogP contribution in [0.4, 0.5) is 10.7 Å². The second kappa shape index (κ2) is 9.36. The molecule has 0 spiro atoms. The highest BCUT2D eigenvalue weighted by atomic mass is 35.5. The van der Waals surface area contributed by atoms with Crippen molar-refractivity contribution >= 4 is 35.2 Å². The summed E-state index contributed by atoms with van der Waals surface area (Å²) >= 11 is 12.6. The zero-order valence-electron chi connectivity index (χ0n) is 18.9. The van der Waals surface area contributed by atoms with Crippen molar-refractivity contribution in [3.63, 3.8) is 0 Å². The first-order valence-electron chi connectivity index (χ1n) is 10.3. The minimum absolute atomic E-state index is 0.103. The molecule has 0 unspecified atom stereocenters. The second-order valence-electron chi connectivity index (χ2n) is 8.24. The van der Waals surface area contributed by atoms with E-state index >= 15 is 0 Å². The summed E-state index contributed by atoms with van der Waals surface area (Å²) in [6.45, 7) is 5.30. The summed E-state index contributed by atoms with van der Waals surface area (Å²) in [6.07, 6.45) is -0.661. The van der Waals surface area contributed by atoms with Gasteiger partial charge in [-0.15, -0.1) is 0 Å². The molecule has 4 rings (SSSR count). The Morgan fingerprint density at radius 3 is 2.44 bits per heavy atom. The van der Waals surface area contributed by atoms with Gasteiger partial charge >= 0.3 is 6.09 Å². The summed E-state index contributed by atoms with van der Waals surface area (Å²) in [7, 11) is 1.53. The predicted octanol–water partition coefficient (Wildman–Crippen LogP) is 5.99. The number of hydrogen-bond donors (Lipinski definition) is 2. The van der Waals surface area contributed by atoms with Crippen LogP contribution in [0.3, 0.4) is 0 Å². The topological polar surface area (TPSA) is 107 Å². The summed E-state index contributed by atoms with van der Waals surface area (Å²) < 4.78 is 12.7. The number of aromatic amines is 1. The molecule has 2 N–H and O–H groups in total. The van der Waals surface area contributed by atoms with Crippen LogP contribution in [-0.4, -0.2) is 43.8 Å². The maximum absolute atomic E-state index is 12.1. The molecule has 0 aliphatic heterocycles. The molecule has 2 aromatic carbocycles. The summed E-state index contributed by atoms with van der Waals surface area (Å²) in [5.74, 6) is 0.737. The van der Waals surface area contributed by atoms with E-state index in [2.05, 4.69) is 20.5 Å². The number of H-pyrrole nitrogens is 1. The van der Waals surface area contributed by atoms with Crippen LogP contribution in [0.2, 0.25) is 10.0 Å². The van der Waals surface area contributed by atoms with Gasteiger partial charge in [0.2, 0.25) is 11.8 Å². The summed E-state index contributed by atoms with van der Waals surface area (Å²) in [5.41, 5.74) is 1.76. The highest BCUT2D eigenvalue weighted by Crippen LogP contribution is 2.40. The SMILES string of the molecule is COc1c(-c2n[nH]c(NC(=O)OC(C)(C)C)n2)nn(-c2ccccc2Cl)c1-c1ccc(Cl)cc1. The van der Waals surface area contributed by atoms with Crippen LogP contribution in [0.25, 0.3) is 28.5 Å². The Labute approximate surface area is 206 Å². The van der Waals surface area contributed by atoms with Crippen molar-refractivity contribution in [2.75, 3.05) is 12.4 Å². The molecular weight excluding hydrogens is 479 g/mol. The van der Waals surface area contributed by atoms with E-state index in [-0.39, 0.29) is 11.8 Å². The number of carbonyl (C=O) groups excluding carboxylic acids is 1. The van der Waals surface area contributed by atoms with E-state index in [1.807, 2.05) is 30.3 Å². The van der Waals surface area contributed by atoms with E-state index in [1.54, 1.807) is 43.7 Å². The van der Waals surface area contributed by atoms with Crippen LogP contribution in [-0.2, 0) is 4.74 Å². The molecule has 2 heterocycles. The smallest absolute Gasteiger partial charge is 0.414 e. The molecule has 11 heteroatoms. The number of rotatable bonds is 5. The predicted molar refractivity (Wildman–Crippen MR) is 131 cm³/mol. The van der Waals surface area contributed by atoms with Gasteiger partial charge in [0, 0.05) is 10.6 Å². The van der Waals surface area contributed by atoms with E-state index in [0.717, 1.165) is 5.56 Å². The molecule has 0 fully saturated rings. The third kappa shape index (κ3) is 5.00. The fraction of sp³-hybridized carbons (Fsp3) is 0.217. The number of benzene rings is 2. The molecule has 0 radical (unpaired) electrons. The van der Waals surface area contributed by atoms with Crippen molar-refractivity contribution in [3.05, 3.63) is 58.6 Å². The first kappa shape index (κ1) is 23.6. The number of hydrogen-bond acceptors (Lipinski definition) is 6. The molecule has 1 amide bonds. The van der Waals surface area contributed by atoms with Gasteiger partial charge in [-0.3, -0.25) is 5.32 Å². The molecule has 0 aliphatic carbocycles. The number of nitrogens with zero attached hydrogens (tertiary/aromatic N) is 4. The van der Waals surface area contributed by atoms with Gasteiger partial charge in [-0.2, -0.15) is 15.2 Å². The van der Waals surface area contributed by atoms with E-state index in [0.29, 0.717) is 32.9 Å². The Hall–Kier alpha value is -3.56. The molecule has 0 bridgehead atoms. The van der Waals surface area contributed by atoms with Crippen LogP contribution in [0.15, 0.2) is 48.5 Å². The highest BCUT2D eigenvalue weighted by molar-refractivity contribution is 6.32. The van der Waals surface area contributed by atoms with Gasteiger partial charge in [-0.1, -0.05) is 47.5 Å². The molecular formula is C23H22Cl2N6O3. The number of aromatic nitrogens is 5. The Kier molecular flexibility index (Phi) is 6.49. The minimum Gasteiger partial charge on any atom is -0.492 e. The van der Waals surface area contributed by atoms with Crippen LogP contribution >= 0.6 is 23.2 Å². The molecule has 0 saturated heterocycles. The van der Waals surface area contributed by atoms with Gasteiger partial charge in [0.05, 0.1) is 17.8 Å². The van der Waals surface area contributed by atoms with Crippen LogP contribution < -0.4 is 10.1 Å². The number of nitrogens with one attached hydrogen (secondary N) is 2. The Balaban J connectivity index is 1.81. The van der Waals surface area contributed by atoms with Crippen molar-refractivity contribution in [2.24, 2.45) is 0 Å². The van der Waals surface area contributed by atoms with Crippen LogP contribution in [0.5, 0.6) is 5.75 Å². The van der Waals surface area contributed by atoms with Crippen molar-refractivity contribution in [3.8, 4) is 34.2 Å². The molecule has 9 nitrogen and oxygen atoms in total. The zero-order chi connectivity index (χ0) is 24.5. The quantitative estimate of drug-likeness (QED) is 0.348. The van der Waals surface area contributed by atoms with E-state index in [4.69, 9.17) is 37.8 Å². The zero-order valence-corrected chi connectivity index (χ0v) is 20.4. The van der Waals surface area contributed by atoms with E-state index in [1.165, 1.54) is 7.11 Å². The van der Waals surface area contributed by atoms with Gasteiger partial charge in [0.25, 0.3) is 0 Å². The number of para-hydroxylation sites is 1.